The SMILES string of the molecule is COc1cc2c(cc1-c1cncc(OCCCNC(=O)[C@H](N)CCC(=O)OC(C)(C)C)c1)-c1c(c(C(=O)N3CCCN(C(=O)C4CCC4)CC3)nn1-c1cccs1)CO2. The number of nitrogens with zero attached hydrogens (tertiary/aromatic N) is 5. The van der Waals surface area contributed by atoms with E-state index in [4.69, 9.17) is 29.8 Å². The Kier molecular flexibility index (Phi) is 12.9. The third-order valence-electron chi connectivity index (χ3n) is 10.7. The van der Waals surface area contributed by atoms with Gasteiger partial charge in [0, 0.05) is 79.6 Å². The number of hydrogen-bond acceptors (Lipinski definition) is 12. The van der Waals surface area contributed by atoms with Gasteiger partial charge in [-0.1, -0.05) is 6.42 Å². The number of benzene rings is 1. The van der Waals surface area contributed by atoms with E-state index >= 15 is 0 Å². The molecule has 15 nitrogen and oxygen atoms in total. The summed E-state index contributed by atoms with van der Waals surface area (Å²) >= 11 is 1.52. The van der Waals surface area contributed by atoms with Crippen LogP contribution in [0.15, 0.2) is 48.1 Å². The van der Waals surface area contributed by atoms with Crippen molar-refractivity contribution >= 4 is 35.0 Å². The highest BCUT2D eigenvalue weighted by Crippen LogP contribution is 2.46. The molecule has 1 aliphatic carbocycles. The fourth-order valence-corrected chi connectivity index (χ4v) is 8.13. The van der Waals surface area contributed by atoms with E-state index in [0.29, 0.717) is 80.7 Å². The quantitative estimate of drug-likeness (QED) is 0.123. The average molecular weight is 828 g/mol. The maximum Gasteiger partial charge on any atom is 0.306 e. The summed E-state index contributed by atoms with van der Waals surface area (Å²) in [6.07, 6.45) is 7.83. The van der Waals surface area contributed by atoms with Crippen molar-refractivity contribution in [2.75, 3.05) is 46.4 Å². The molecule has 3 amide bonds. The molecule has 1 aromatic carbocycles. The van der Waals surface area contributed by atoms with Gasteiger partial charge in [0.1, 0.15) is 34.5 Å². The number of aromatic nitrogens is 3. The number of rotatable bonds is 14. The second-order valence-electron chi connectivity index (χ2n) is 16.1. The highest BCUT2D eigenvalue weighted by molar-refractivity contribution is 7.12. The zero-order chi connectivity index (χ0) is 41.7. The molecule has 59 heavy (non-hydrogen) atoms. The van der Waals surface area contributed by atoms with Crippen LogP contribution in [0.5, 0.6) is 17.2 Å². The maximum atomic E-state index is 14.3. The fraction of sp³-hybridized carbons (Fsp3) is 0.488. The van der Waals surface area contributed by atoms with Gasteiger partial charge in [-0.05, 0) is 82.5 Å². The molecule has 0 bridgehead atoms. The summed E-state index contributed by atoms with van der Waals surface area (Å²) in [5.41, 5.74) is 9.44. The number of ether oxygens (including phenoxy) is 4. The van der Waals surface area contributed by atoms with E-state index in [1.165, 1.54) is 11.3 Å². The number of methoxy groups -OCH3 is 1. The standard InChI is InChI=1S/C43H53N7O8S/c1-43(2,3)58-37(51)13-12-33(44)40(52)46-14-7-19-56-29-21-28(24-45-25-29)30-22-31-35(23-34(30)55-4)57-26-32-38(47-50(39(31)32)36-11-6-20-59-36)42(54)49-16-8-15-48(17-18-49)41(53)27-9-5-10-27/h6,11,20-25,27,33H,5,7-10,12-19,26,44H2,1-4H3,(H,46,52)/t33-/m1/s1. The van der Waals surface area contributed by atoms with Gasteiger partial charge in [-0.2, -0.15) is 5.10 Å². The largest absolute Gasteiger partial charge is 0.496 e. The Bertz CT molecular complexity index is 2160. The lowest BCUT2D eigenvalue weighted by Crippen LogP contribution is -2.41. The van der Waals surface area contributed by atoms with Crippen molar-refractivity contribution in [1.82, 2.24) is 29.9 Å². The molecule has 0 unspecified atom stereocenters. The number of pyridine rings is 1. The molecular formula is C43H53N7O8S. The van der Waals surface area contributed by atoms with E-state index < -0.39 is 17.6 Å². The second kappa shape index (κ2) is 18.2. The van der Waals surface area contributed by atoms with Crippen LogP contribution >= 0.6 is 11.3 Å². The molecule has 2 aliphatic heterocycles. The first-order valence-corrected chi connectivity index (χ1v) is 21.2. The lowest BCUT2D eigenvalue weighted by molar-refractivity contribution is -0.155. The van der Waals surface area contributed by atoms with Crippen LogP contribution < -0.4 is 25.3 Å². The van der Waals surface area contributed by atoms with Crippen LogP contribution in [-0.4, -0.2) is 106 Å². The molecule has 4 aromatic rings. The van der Waals surface area contributed by atoms with Gasteiger partial charge in [0.25, 0.3) is 5.91 Å². The molecule has 2 fully saturated rings. The van der Waals surface area contributed by atoms with Crippen molar-refractivity contribution in [2.24, 2.45) is 11.7 Å². The van der Waals surface area contributed by atoms with Crippen molar-refractivity contribution in [2.45, 2.75) is 84.0 Å². The van der Waals surface area contributed by atoms with E-state index in [1.54, 1.807) is 40.3 Å². The van der Waals surface area contributed by atoms with Crippen LogP contribution in [0.3, 0.4) is 0 Å². The zero-order valence-electron chi connectivity index (χ0n) is 34.2. The molecule has 1 saturated heterocycles. The molecular weight excluding hydrogens is 775 g/mol. The van der Waals surface area contributed by atoms with Gasteiger partial charge in [-0.15, -0.1) is 11.3 Å². The number of carbonyl (C=O) groups excluding carboxylic acids is 4. The van der Waals surface area contributed by atoms with Crippen LogP contribution in [0.1, 0.15) is 81.8 Å². The van der Waals surface area contributed by atoms with Gasteiger partial charge in [-0.25, -0.2) is 4.68 Å². The van der Waals surface area contributed by atoms with Crippen LogP contribution in [0.4, 0.5) is 0 Å². The van der Waals surface area contributed by atoms with E-state index in [1.807, 2.05) is 50.2 Å². The summed E-state index contributed by atoms with van der Waals surface area (Å²) in [6.45, 7) is 8.31. The highest BCUT2D eigenvalue weighted by atomic mass is 32.1. The van der Waals surface area contributed by atoms with Crippen molar-refractivity contribution in [3.63, 3.8) is 0 Å². The Morgan fingerprint density at radius 1 is 1.03 bits per heavy atom. The Morgan fingerprint density at radius 3 is 2.56 bits per heavy atom. The number of carbonyl (C=O) groups is 4. The van der Waals surface area contributed by atoms with Crippen molar-refractivity contribution in [3.05, 3.63) is 59.4 Å². The molecule has 7 rings (SSSR count). The second-order valence-corrected chi connectivity index (χ2v) is 17.0. The van der Waals surface area contributed by atoms with E-state index in [9.17, 15) is 19.2 Å². The van der Waals surface area contributed by atoms with Gasteiger partial charge in [0.05, 0.1) is 31.6 Å². The third-order valence-corrected chi connectivity index (χ3v) is 11.6. The number of thiophene rings is 1. The minimum absolute atomic E-state index is 0.0589. The molecule has 3 aromatic heterocycles. The molecule has 0 radical (unpaired) electrons. The maximum absolute atomic E-state index is 14.3. The first kappa shape index (κ1) is 41.7. The van der Waals surface area contributed by atoms with Gasteiger partial charge in [0.2, 0.25) is 11.8 Å². The van der Waals surface area contributed by atoms with Gasteiger partial charge in [0.15, 0.2) is 5.69 Å². The number of fused-ring (bicyclic) bond motifs is 3. The first-order valence-electron chi connectivity index (χ1n) is 20.3. The minimum atomic E-state index is -0.826. The Morgan fingerprint density at radius 2 is 1.83 bits per heavy atom. The molecule has 1 atom stereocenters. The van der Waals surface area contributed by atoms with Crippen LogP contribution in [0, 0.1) is 5.92 Å². The van der Waals surface area contributed by atoms with Gasteiger partial charge in [-0.3, -0.25) is 24.2 Å². The highest BCUT2D eigenvalue weighted by Gasteiger charge is 2.35. The normalized spacial score (nSPS) is 15.8. The Labute approximate surface area is 348 Å². The molecule has 16 heteroatoms. The summed E-state index contributed by atoms with van der Waals surface area (Å²) in [7, 11) is 1.60. The Hall–Kier alpha value is -5.48. The number of nitrogens with two attached hydrogens (primary N) is 1. The van der Waals surface area contributed by atoms with E-state index in [2.05, 4.69) is 10.3 Å². The van der Waals surface area contributed by atoms with Crippen LogP contribution in [0.25, 0.3) is 27.4 Å². The molecule has 0 spiro atoms. The minimum Gasteiger partial charge on any atom is -0.496 e. The van der Waals surface area contributed by atoms with E-state index in [-0.39, 0.29) is 43.1 Å². The van der Waals surface area contributed by atoms with Gasteiger partial charge >= 0.3 is 5.97 Å². The monoisotopic (exact) mass is 827 g/mol. The van der Waals surface area contributed by atoms with Gasteiger partial charge < -0.3 is 39.8 Å². The molecule has 314 valence electrons. The lowest BCUT2D eigenvalue weighted by atomic mass is 9.84. The average Bonchev–Trinajstić information content (AvgIpc) is 3.80. The zero-order valence-corrected chi connectivity index (χ0v) is 35.0. The van der Waals surface area contributed by atoms with E-state index in [0.717, 1.165) is 46.6 Å². The Balaban J connectivity index is 1.05. The summed E-state index contributed by atoms with van der Waals surface area (Å²) < 4.78 is 25.3. The number of nitrogens with one attached hydrogen (secondary N) is 1. The summed E-state index contributed by atoms with van der Waals surface area (Å²) in [6, 6.07) is 8.79. The summed E-state index contributed by atoms with van der Waals surface area (Å²) in [5, 5.41) is 10.6. The fourth-order valence-electron chi connectivity index (χ4n) is 7.45. The van der Waals surface area contributed by atoms with Crippen molar-refractivity contribution in [1.29, 1.82) is 0 Å². The smallest absolute Gasteiger partial charge is 0.306 e. The molecule has 5 heterocycles. The third kappa shape index (κ3) is 9.71. The molecule has 1 saturated carbocycles. The van der Waals surface area contributed by atoms with Crippen molar-refractivity contribution in [3.8, 4) is 44.6 Å². The topological polar surface area (TPSA) is 180 Å². The molecule has 3 N–H and O–H groups in total. The number of amides is 3. The summed E-state index contributed by atoms with van der Waals surface area (Å²) in [4.78, 5) is 60.0. The number of esters is 1. The predicted molar refractivity (Wildman–Crippen MR) is 222 cm³/mol. The molecule has 3 aliphatic rings. The first-order chi connectivity index (χ1) is 28.4. The van der Waals surface area contributed by atoms with Crippen LogP contribution in [-0.2, 0) is 25.7 Å². The van der Waals surface area contributed by atoms with Crippen molar-refractivity contribution < 1.29 is 38.1 Å². The van der Waals surface area contributed by atoms with Crippen LogP contribution in [0.2, 0.25) is 0 Å². The lowest BCUT2D eigenvalue weighted by Gasteiger charge is -2.31. The summed E-state index contributed by atoms with van der Waals surface area (Å²) in [5.74, 6) is 1.13. The predicted octanol–water partition coefficient (Wildman–Crippen LogP) is 5.37. The number of hydrogen-bond donors (Lipinski definition) is 2.